The Morgan fingerprint density at radius 3 is 2.73 bits per heavy atom. The van der Waals surface area contributed by atoms with Crippen molar-refractivity contribution in [3.05, 3.63) is 64.8 Å². The average molecular weight is 348 g/mol. The molecule has 0 spiro atoms. The molecule has 5 nitrogen and oxygen atoms in total. The highest BCUT2D eigenvalue weighted by Gasteiger charge is 2.18. The first kappa shape index (κ1) is 16.4. The Balaban J connectivity index is 1.60. The van der Waals surface area contributed by atoms with Crippen molar-refractivity contribution in [2.45, 2.75) is 20.4 Å². The fourth-order valence-corrected chi connectivity index (χ4v) is 3.20. The van der Waals surface area contributed by atoms with Crippen molar-refractivity contribution in [1.29, 1.82) is 0 Å². The van der Waals surface area contributed by atoms with E-state index >= 15 is 0 Å². The Hall–Kier alpha value is -3.08. The fourth-order valence-electron chi connectivity index (χ4n) is 3.20. The SMILES string of the molecule is Cc1ccc2nc(C)c(C(=O)N(C)Cc3ccc4c(c3)OCO4)cc2c1. The van der Waals surface area contributed by atoms with Gasteiger partial charge < -0.3 is 14.4 Å². The lowest BCUT2D eigenvalue weighted by molar-refractivity contribution is 0.0784. The van der Waals surface area contributed by atoms with Crippen LogP contribution in [-0.4, -0.2) is 29.6 Å². The highest BCUT2D eigenvalue weighted by molar-refractivity contribution is 5.98. The second kappa shape index (κ2) is 6.33. The van der Waals surface area contributed by atoms with Gasteiger partial charge in [-0.15, -0.1) is 0 Å². The largest absolute Gasteiger partial charge is 0.454 e. The van der Waals surface area contributed by atoms with Crippen LogP contribution in [0.5, 0.6) is 11.5 Å². The number of pyridine rings is 1. The van der Waals surface area contributed by atoms with E-state index in [1.807, 2.05) is 50.2 Å². The molecular formula is C21H20N2O3. The lowest BCUT2D eigenvalue weighted by Crippen LogP contribution is -2.27. The molecule has 0 saturated heterocycles. The molecule has 0 unspecified atom stereocenters. The highest BCUT2D eigenvalue weighted by atomic mass is 16.7. The number of rotatable bonds is 3. The number of hydrogen-bond acceptors (Lipinski definition) is 4. The molecule has 0 saturated carbocycles. The summed E-state index contributed by atoms with van der Waals surface area (Å²) in [5.74, 6) is 1.42. The predicted octanol–water partition coefficient (Wildman–Crippen LogP) is 3.85. The van der Waals surface area contributed by atoms with Gasteiger partial charge in [0.1, 0.15) is 0 Å². The molecular weight excluding hydrogens is 328 g/mol. The topological polar surface area (TPSA) is 51.7 Å². The zero-order valence-electron chi connectivity index (χ0n) is 15.1. The molecule has 0 atom stereocenters. The Labute approximate surface area is 152 Å². The molecule has 0 radical (unpaired) electrons. The molecule has 1 aliphatic rings. The minimum Gasteiger partial charge on any atom is -0.454 e. The number of ether oxygens (including phenoxy) is 2. The van der Waals surface area contributed by atoms with Gasteiger partial charge in [-0.1, -0.05) is 17.7 Å². The van der Waals surface area contributed by atoms with E-state index in [1.54, 1.807) is 11.9 Å². The van der Waals surface area contributed by atoms with Crippen LogP contribution in [0.15, 0.2) is 42.5 Å². The van der Waals surface area contributed by atoms with Crippen LogP contribution in [0.3, 0.4) is 0 Å². The first-order chi connectivity index (χ1) is 12.5. The maximum Gasteiger partial charge on any atom is 0.255 e. The van der Waals surface area contributed by atoms with Gasteiger partial charge in [-0.25, -0.2) is 0 Å². The summed E-state index contributed by atoms with van der Waals surface area (Å²) in [5.41, 5.74) is 4.42. The van der Waals surface area contributed by atoms with E-state index in [-0.39, 0.29) is 12.7 Å². The quantitative estimate of drug-likeness (QED) is 0.721. The van der Waals surface area contributed by atoms with Gasteiger partial charge in [0, 0.05) is 19.0 Å². The molecule has 1 aromatic heterocycles. The molecule has 0 aliphatic carbocycles. The van der Waals surface area contributed by atoms with Crippen LogP contribution in [0, 0.1) is 13.8 Å². The monoisotopic (exact) mass is 348 g/mol. The molecule has 0 N–H and O–H groups in total. The number of aryl methyl sites for hydroxylation is 2. The van der Waals surface area contributed by atoms with Gasteiger partial charge in [0.05, 0.1) is 16.8 Å². The van der Waals surface area contributed by atoms with Crippen LogP contribution in [0.1, 0.15) is 27.2 Å². The summed E-state index contributed by atoms with van der Waals surface area (Å²) in [4.78, 5) is 19.3. The van der Waals surface area contributed by atoms with Gasteiger partial charge in [-0.3, -0.25) is 9.78 Å². The van der Waals surface area contributed by atoms with E-state index in [0.717, 1.165) is 39.2 Å². The molecule has 2 aromatic carbocycles. The third-order valence-electron chi connectivity index (χ3n) is 4.59. The molecule has 0 fully saturated rings. The van der Waals surface area contributed by atoms with Gasteiger partial charge in [0.25, 0.3) is 5.91 Å². The van der Waals surface area contributed by atoms with Gasteiger partial charge >= 0.3 is 0 Å². The van der Waals surface area contributed by atoms with Crippen LogP contribution >= 0.6 is 0 Å². The first-order valence-electron chi connectivity index (χ1n) is 8.53. The van der Waals surface area contributed by atoms with Crippen molar-refractivity contribution >= 4 is 16.8 Å². The summed E-state index contributed by atoms with van der Waals surface area (Å²) < 4.78 is 10.7. The second-order valence-corrected chi connectivity index (χ2v) is 6.67. The van der Waals surface area contributed by atoms with E-state index in [1.165, 1.54) is 0 Å². The van der Waals surface area contributed by atoms with Gasteiger partial charge in [0.15, 0.2) is 11.5 Å². The van der Waals surface area contributed by atoms with Crippen LogP contribution in [0.4, 0.5) is 0 Å². The number of carbonyl (C=O) groups excluding carboxylic acids is 1. The van der Waals surface area contributed by atoms with Crippen molar-refractivity contribution in [3.63, 3.8) is 0 Å². The number of benzene rings is 2. The first-order valence-corrected chi connectivity index (χ1v) is 8.53. The lowest BCUT2D eigenvalue weighted by atomic mass is 10.1. The molecule has 5 heteroatoms. The highest BCUT2D eigenvalue weighted by Crippen LogP contribution is 2.32. The molecule has 3 aromatic rings. The van der Waals surface area contributed by atoms with E-state index in [9.17, 15) is 4.79 Å². The molecule has 4 rings (SSSR count). The standard InChI is InChI=1S/C21H20N2O3/c1-13-4-6-18-16(8-13)10-17(14(2)22-18)21(24)23(3)11-15-5-7-19-20(9-15)26-12-25-19/h4-10H,11-12H2,1-3H3. The zero-order valence-corrected chi connectivity index (χ0v) is 15.1. The Kier molecular flexibility index (Phi) is 3.99. The fraction of sp³-hybridized carbons (Fsp3) is 0.238. The van der Waals surface area contributed by atoms with Gasteiger partial charge in [-0.05, 0) is 49.7 Å². The van der Waals surface area contributed by atoms with Crippen LogP contribution in [-0.2, 0) is 6.54 Å². The molecule has 26 heavy (non-hydrogen) atoms. The summed E-state index contributed by atoms with van der Waals surface area (Å²) in [7, 11) is 1.80. The Morgan fingerprint density at radius 1 is 1.08 bits per heavy atom. The number of hydrogen-bond donors (Lipinski definition) is 0. The molecule has 1 amide bonds. The maximum atomic E-state index is 13.0. The van der Waals surface area contributed by atoms with Crippen molar-refractivity contribution in [1.82, 2.24) is 9.88 Å². The summed E-state index contributed by atoms with van der Waals surface area (Å²) >= 11 is 0. The Bertz CT molecular complexity index is 1010. The Morgan fingerprint density at radius 2 is 1.88 bits per heavy atom. The summed E-state index contributed by atoms with van der Waals surface area (Å²) in [5, 5.41) is 0.982. The number of amides is 1. The number of fused-ring (bicyclic) bond motifs is 2. The zero-order chi connectivity index (χ0) is 18.3. The normalized spacial score (nSPS) is 12.4. The summed E-state index contributed by atoms with van der Waals surface area (Å²) in [6.07, 6.45) is 0. The van der Waals surface area contributed by atoms with E-state index in [4.69, 9.17) is 9.47 Å². The molecule has 2 heterocycles. The minimum absolute atomic E-state index is 0.0453. The number of nitrogens with zero attached hydrogens (tertiary/aromatic N) is 2. The van der Waals surface area contributed by atoms with Crippen LogP contribution < -0.4 is 9.47 Å². The summed E-state index contributed by atoms with van der Waals surface area (Å²) in [6.45, 7) is 4.64. The van der Waals surface area contributed by atoms with E-state index < -0.39 is 0 Å². The van der Waals surface area contributed by atoms with Gasteiger partial charge in [0.2, 0.25) is 6.79 Å². The predicted molar refractivity (Wildman–Crippen MR) is 99.6 cm³/mol. The smallest absolute Gasteiger partial charge is 0.255 e. The summed E-state index contributed by atoms with van der Waals surface area (Å²) in [6, 6.07) is 13.7. The molecule has 132 valence electrons. The lowest BCUT2D eigenvalue weighted by Gasteiger charge is -2.19. The number of carbonyl (C=O) groups is 1. The van der Waals surface area contributed by atoms with Crippen molar-refractivity contribution in [3.8, 4) is 11.5 Å². The van der Waals surface area contributed by atoms with Crippen molar-refractivity contribution in [2.75, 3.05) is 13.8 Å². The molecule has 1 aliphatic heterocycles. The van der Waals surface area contributed by atoms with Crippen LogP contribution in [0.25, 0.3) is 10.9 Å². The molecule has 0 bridgehead atoms. The van der Waals surface area contributed by atoms with Crippen LogP contribution in [0.2, 0.25) is 0 Å². The average Bonchev–Trinajstić information content (AvgIpc) is 3.08. The minimum atomic E-state index is -0.0453. The van der Waals surface area contributed by atoms with Crippen molar-refractivity contribution in [2.24, 2.45) is 0 Å². The maximum absolute atomic E-state index is 13.0. The van der Waals surface area contributed by atoms with Gasteiger partial charge in [-0.2, -0.15) is 0 Å². The third kappa shape index (κ3) is 2.96. The third-order valence-corrected chi connectivity index (χ3v) is 4.59. The van der Waals surface area contributed by atoms with E-state index in [0.29, 0.717) is 12.1 Å². The second-order valence-electron chi connectivity index (χ2n) is 6.67. The van der Waals surface area contributed by atoms with Crippen molar-refractivity contribution < 1.29 is 14.3 Å². The van der Waals surface area contributed by atoms with E-state index in [2.05, 4.69) is 11.1 Å². The number of aromatic nitrogens is 1.